The number of fused-ring (bicyclic) bond motifs is 1. The van der Waals surface area contributed by atoms with E-state index in [1.807, 2.05) is 12.1 Å². The second kappa shape index (κ2) is 4.74. The summed E-state index contributed by atoms with van der Waals surface area (Å²) in [7, 11) is 0. The van der Waals surface area contributed by atoms with Crippen LogP contribution < -0.4 is 5.32 Å². The van der Waals surface area contributed by atoms with Gasteiger partial charge in [-0.1, -0.05) is 6.07 Å². The molecule has 1 aliphatic heterocycles. The van der Waals surface area contributed by atoms with E-state index < -0.39 is 0 Å². The number of nitrogens with zero attached hydrogens (tertiary/aromatic N) is 1. The first-order valence-corrected chi connectivity index (χ1v) is 6.23. The molecule has 0 saturated heterocycles. The minimum absolute atomic E-state index is 0.0205. The molecule has 4 nitrogen and oxygen atoms in total. The van der Waals surface area contributed by atoms with Gasteiger partial charge in [0, 0.05) is 34.8 Å². The van der Waals surface area contributed by atoms with Gasteiger partial charge in [0.05, 0.1) is 0 Å². The lowest BCUT2D eigenvalue weighted by Gasteiger charge is -2.01. The highest BCUT2D eigenvalue weighted by Crippen LogP contribution is 2.33. The Hall–Kier alpha value is -2.75. The Morgan fingerprint density at radius 3 is 2.85 bits per heavy atom. The van der Waals surface area contributed by atoms with Gasteiger partial charge in [0.25, 0.3) is 5.91 Å². The smallest absolute Gasteiger partial charge is 0.256 e. The molecule has 0 radical (unpaired) electrons. The fourth-order valence-electron chi connectivity index (χ4n) is 2.18. The van der Waals surface area contributed by atoms with Crippen molar-refractivity contribution in [3.8, 4) is 0 Å². The molecule has 1 aliphatic rings. The van der Waals surface area contributed by atoms with Gasteiger partial charge >= 0.3 is 0 Å². The summed E-state index contributed by atoms with van der Waals surface area (Å²) in [5.41, 5.74) is 3.48. The summed E-state index contributed by atoms with van der Waals surface area (Å²) in [5, 5.41) is 2.79. The third kappa shape index (κ3) is 2.12. The summed E-state index contributed by atoms with van der Waals surface area (Å²) in [4.78, 5) is 27.5. The lowest BCUT2D eigenvalue weighted by atomic mass is 10.0. The van der Waals surface area contributed by atoms with Crippen LogP contribution in [0.25, 0.3) is 11.6 Å². The van der Waals surface area contributed by atoms with Crippen molar-refractivity contribution in [3.05, 3.63) is 59.4 Å². The molecule has 98 valence electrons. The molecular weight excluding hydrogens is 252 g/mol. The normalized spacial score (nSPS) is 15.1. The maximum absolute atomic E-state index is 12.0. The van der Waals surface area contributed by atoms with E-state index in [4.69, 9.17) is 0 Å². The van der Waals surface area contributed by atoms with Gasteiger partial charge in [0.15, 0.2) is 5.78 Å². The van der Waals surface area contributed by atoms with Gasteiger partial charge in [-0.2, -0.15) is 0 Å². The lowest BCUT2D eigenvalue weighted by molar-refractivity contribution is -0.110. The van der Waals surface area contributed by atoms with E-state index in [0.29, 0.717) is 11.1 Å². The molecule has 3 rings (SSSR count). The van der Waals surface area contributed by atoms with Gasteiger partial charge in [0.1, 0.15) is 0 Å². The van der Waals surface area contributed by atoms with E-state index in [1.165, 1.54) is 6.92 Å². The van der Waals surface area contributed by atoms with Crippen LogP contribution in [-0.2, 0) is 4.79 Å². The molecule has 0 unspecified atom stereocenters. The van der Waals surface area contributed by atoms with E-state index in [9.17, 15) is 9.59 Å². The summed E-state index contributed by atoms with van der Waals surface area (Å²) in [6.45, 7) is 1.51. The number of Topliss-reactive ketones (excluding diaryl/α,β-unsaturated/α-hetero) is 1. The van der Waals surface area contributed by atoms with Gasteiger partial charge in [-0.25, -0.2) is 0 Å². The molecule has 0 fully saturated rings. The number of rotatable bonds is 2. The minimum Gasteiger partial charge on any atom is -0.321 e. The number of anilines is 1. The van der Waals surface area contributed by atoms with Crippen LogP contribution in [0.15, 0.2) is 42.7 Å². The first-order chi connectivity index (χ1) is 9.65. The maximum atomic E-state index is 12.0. The predicted molar refractivity (Wildman–Crippen MR) is 77.2 cm³/mol. The van der Waals surface area contributed by atoms with Gasteiger partial charge in [-0.05, 0) is 42.8 Å². The monoisotopic (exact) mass is 264 g/mol. The van der Waals surface area contributed by atoms with E-state index in [0.717, 1.165) is 16.8 Å². The van der Waals surface area contributed by atoms with Crippen molar-refractivity contribution < 1.29 is 9.59 Å². The van der Waals surface area contributed by atoms with Crippen LogP contribution in [0.5, 0.6) is 0 Å². The first kappa shape index (κ1) is 12.3. The highest BCUT2D eigenvalue weighted by Gasteiger charge is 2.24. The SMILES string of the molecule is CC(=O)c1ccc2c(c1)C(=Cc1cccnc1)C(=O)N2. The molecule has 1 N–H and O–H groups in total. The molecule has 0 spiro atoms. The summed E-state index contributed by atoms with van der Waals surface area (Å²) in [6.07, 6.45) is 5.14. The van der Waals surface area contributed by atoms with E-state index >= 15 is 0 Å². The van der Waals surface area contributed by atoms with Crippen LogP contribution in [0.2, 0.25) is 0 Å². The summed E-state index contributed by atoms with van der Waals surface area (Å²) >= 11 is 0. The Morgan fingerprint density at radius 1 is 1.30 bits per heavy atom. The standard InChI is InChI=1S/C16H12N2O2/c1-10(19)12-4-5-15-13(8-12)14(16(20)18-15)7-11-3-2-6-17-9-11/h2-9H,1H3,(H,18,20). The minimum atomic E-state index is -0.162. The summed E-state index contributed by atoms with van der Waals surface area (Å²) < 4.78 is 0. The number of amides is 1. The Balaban J connectivity index is 2.11. The molecule has 20 heavy (non-hydrogen) atoms. The zero-order valence-corrected chi connectivity index (χ0v) is 10.9. The van der Waals surface area contributed by atoms with Crippen molar-refractivity contribution >= 4 is 29.0 Å². The van der Waals surface area contributed by atoms with Crippen LogP contribution in [0, 0.1) is 0 Å². The second-order valence-electron chi connectivity index (χ2n) is 4.62. The van der Waals surface area contributed by atoms with Gasteiger partial charge in [-0.3, -0.25) is 14.6 Å². The van der Waals surface area contributed by atoms with Gasteiger partial charge in [-0.15, -0.1) is 0 Å². The maximum Gasteiger partial charge on any atom is 0.256 e. The highest BCUT2D eigenvalue weighted by atomic mass is 16.2. The molecule has 0 atom stereocenters. The molecule has 4 heteroatoms. The number of hydrogen-bond donors (Lipinski definition) is 1. The molecule has 1 amide bonds. The molecule has 1 aromatic heterocycles. The number of nitrogens with one attached hydrogen (secondary N) is 1. The van der Waals surface area contributed by atoms with Crippen LogP contribution in [0.3, 0.4) is 0 Å². The van der Waals surface area contributed by atoms with Crippen molar-refractivity contribution in [2.75, 3.05) is 5.32 Å². The second-order valence-corrected chi connectivity index (χ2v) is 4.62. The number of hydrogen-bond acceptors (Lipinski definition) is 3. The largest absolute Gasteiger partial charge is 0.321 e. The Bertz CT molecular complexity index is 733. The fraction of sp³-hybridized carbons (Fsp3) is 0.0625. The van der Waals surface area contributed by atoms with E-state index in [-0.39, 0.29) is 11.7 Å². The van der Waals surface area contributed by atoms with Crippen LogP contribution in [-0.4, -0.2) is 16.7 Å². The Morgan fingerprint density at radius 2 is 2.15 bits per heavy atom. The number of aromatic nitrogens is 1. The fourth-order valence-corrected chi connectivity index (χ4v) is 2.18. The molecular formula is C16H12N2O2. The van der Waals surface area contributed by atoms with Crippen LogP contribution >= 0.6 is 0 Å². The average molecular weight is 264 g/mol. The third-order valence-corrected chi connectivity index (χ3v) is 3.20. The van der Waals surface area contributed by atoms with Crippen molar-refractivity contribution in [1.82, 2.24) is 4.98 Å². The topological polar surface area (TPSA) is 59.1 Å². The number of ketones is 1. The molecule has 2 aromatic rings. The predicted octanol–water partition coefficient (Wildman–Crippen LogP) is 2.78. The van der Waals surface area contributed by atoms with Crippen molar-refractivity contribution in [3.63, 3.8) is 0 Å². The van der Waals surface area contributed by atoms with Crippen LogP contribution in [0.4, 0.5) is 5.69 Å². The summed E-state index contributed by atoms with van der Waals surface area (Å²) in [6, 6.07) is 8.91. The number of carbonyl (C=O) groups excluding carboxylic acids is 2. The molecule has 0 aliphatic carbocycles. The Labute approximate surface area is 116 Å². The number of carbonyl (C=O) groups is 2. The molecule has 0 bridgehead atoms. The zero-order valence-electron chi connectivity index (χ0n) is 10.9. The molecule has 1 aromatic carbocycles. The average Bonchev–Trinajstić information content (AvgIpc) is 2.75. The van der Waals surface area contributed by atoms with Crippen molar-refractivity contribution in [2.45, 2.75) is 6.92 Å². The Kier molecular flexibility index (Phi) is 2.91. The summed E-state index contributed by atoms with van der Waals surface area (Å²) in [5.74, 6) is -0.183. The van der Waals surface area contributed by atoms with E-state index in [2.05, 4.69) is 10.3 Å². The zero-order chi connectivity index (χ0) is 14.1. The number of benzene rings is 1. The molecule has 0 saturated carbocycles. The molecule has 2 heterocycles. The quantitative estimate of drug-likeness (QED) is 0.670. The third-order valence-electron chi connectivity index (χ3n) is 3.20. The first-order valence-electron chi connectivity index (χ1n) is 6.23. The lowest BCUT2D eigenvalue weighted by Crippen LogP contribution is -2.03. The van der Waals surface area contributed by atoms with Crippen molar-refractivity contribution in [1.29, 1.82) is 0 Å². The van der Waals surface area contributed by atoms with E-state index in [1.54, 1.807) is 36.7 Å². The van der Waals surface area contributed by atoms with Crippen LogP contribution in [0.1, 0.15) is 28.4 Å². The van der Waals surface area contributed by atoms with Gasteiger partial charge < -0.3 is 5.32 Å². The number of pyridine rings is 1. The van der Waals surface area contributed by atoms with Gasteiger partial charge in [0.2, 0.25) is 0 Å². The highest BCUT2D eigenvalue weighted by molar-refractivity contribution is 6.35. The van der Waals surface area contributed by atoms with Crippen molar-refractivity contribution in [2.24, 2.45) is 0 Å².